The lowest BCUT2D eigenvalue weighted by atomic mass is 9.49. The number of nitrogens with one attached hydrogen (secondary N) is 1. The number of benzene rings is 1. The second-order valence-electron chi connectivity index (χ2n) is 9.59. The van der Waals surface area contributed by atoms with Gasteiger partial charge < -0.3 is 10.1 Å². The third kappa shape index (κ3) is 3.48. The van der Waals surface area contributed by atoms with Crippen molar-refractivity contribution < 1.29 is 9.53 Å². The predicted molar refractivity (Wildman–Crippen MR) is 110 cm³/mol. The van der Waals surface area contributed by atoms with Crippen molar-refractivity contribution in [3.63, 3.8) is 0 Å². The lowest BCUT2D eigenvalue weighted by Gasteiger charge is -2.55. The second kappa shape index (κ2) is 7.62. The maximum Gasteiger partial charge on any atom is 0.226 e. The van der Waals surface area contributed by atoms with Gasteiger partial charge in [-0.1, -0.05) is 29.8 Å². The summed E-state index contributed by atoms with van der Waals surface area (Å²) >= 11 is 6.54. The average molecular weight is 403 g/mol. The molecule has 28 heavy (non-hydrogen) atoms. The Morgan fingerprint density at radius 2 is 1.71 bits per heavy atom. The molecule has 1 heterocycles. The summed E-state index contributed by atoms with van der Waals surface area (Å²) in [6.45, 7) is 3.87. The van der Waals surface area contributed by atoms with Gasteiger partial charge in [0.15, 0.2) is 0 Å². The Morgan fingerprint density at radius 1 is 1.11 bits per heavy atom. The first-order valence-electron chi connectivity index (χ1n) is 11.0. The van der Waals surface area contributed by atoms with Crippen molar-refractivity contribution in [3.8, 4) is 0 Å². The molecule has 0 unspecified atom stereocenters. The van der Waals surface area contributed by atoms with Crippen LogP contribution in [0.15, 0.2) is 24.3 Å². The van der Waals surface area contributed by atoms with Crippen molar-refractivity contribution >= 4 is 17.5 Å². The number of morpholine rings is 1. The van der Waals surface area contributed by atoms with Crippen molar-refractivity contribution in [2.24, 2.45) is 23.2 Å². The predicted octanol–water partition coefficient (Wildman–Crippen LogP) is 4.05. The summed E-state index contributed by atoms with van der Waals surface area (Å²) in [5.74, 6) is 2.67. The van der Waals surface area contributed by atoms with E-state index < -0.39 is 0 Å². The Balaban J connectivity index is 1.32. The number of carbonyl (C=O) groups is 1. The summed E-state index contributed by atoms with van der Waals surface area (Å²) in [4.78, 5) is 15.8. The molecule has 1 aromatic carbocycles. The van der Waals surface area contributed by atoms with E-state index in [9.17, 15) is 4.79 Å². The number of hydrogen-bond acceptors (Lipinski definition) is 3. The van der Waals surface area contributed by atoms with Gasteiger partial charge >= 0.3 is 0 Å². The van der Waals surface area contributed by atoms with Crippen molar-refractivity contribution in [1.29, 1.82) is 0 Å². The lowest BCUT2D eigenvalue weighted by molar-refractivity contribution is -0.146. The minimum absolute atomic E-state index is 0.0925. The fraction of sp³-hybridized carbons (Fsp3) is 0.696. The Morgan fingerprint density at radius 3 is 2.32 bits per heavy atom. The summed E-state index contributed by atoms with van der Waals surface area (Å²) in [5, 5.41) is 4.16. The molecular weight excluding hydrogens is 372 g/mol. The maximum absolute atomic E-state index is 13.4. The molecule has 152 valence electrons. The normalized spacial score (nSPS) is 35.7. The average Bonchev–Trinajstić information content (AvgIpc) is 2.69. The molecule has 4 saturated carbocycles. The third-order valence-electron chi connectivity index (χ3n) is 7.73. The Hall–Kier alpha value is -1.10. The molecule has 0 radical (unpaired) electrons. The topological polar surface area (TPSA) is 41.6 Å². The molecule has 1 aromatic rings. The third-order valence-corrected chi connectivity index (χ3v) is 8.07. The molecule has 1 amide bonds. The molecule has 4 nitrogen and oxygen atoms in total. The molecule has 4 aliphatic carbocycles. The molecule has 1 N–H and O–H groups in total. The zero-order valence-corrected chi connectivity index (χ0v) is 17.3. The van der Waals surface area contributed by atoms with Crippen LogP contribution in [0.1, 0.15) is 50.1 Å². The van der Waals surface area contributed by atoms with E-state index in [0.717, 1.165) is 73.9 Å². The van der Waals surface area contributed by atoms with Gasteiger partial charge in [0.2, 0.25) is 5.91 Å². The Labute approximate surface area is 173 Å². The summed E-state index contributed by atoms with van der Waals surface area (Å²) in [6.07, 6.45) is 7.42. The maximum atomic E-state index is 13.4. The van der Waals surface area contributed by atoms with Gasteiger partial charge in [0.05, 0.1) is 19.3 Å². The van der Waals surface area contributed by atoms with Gasteiger partial charge in [0.1, 0.15) is 0 Å². The number of carbonyl (C=O) groups excluding carboxylic acids is 1. The largest absolute Gasteiger partial charge is 0.379 e. The van der Waals surface area contributed by atoms with Gasteiger partial charge in [-0.25, -0.2) is 0 Å². The van der Waals surface area contributed by atoms with Crippen molar-refractivity contribution in [2.45, 2.75) is 44.6 Å². The van der Waals surface area contributed by atoms with Crippen LogP contribution in [0, 0.1) is 23.2 Å². The lowest BCUT2D eigenvalue weighted by Crippen LogP contribution is -2.54. The molecule has 0 aromatic heterocycles. The standard InChI is InChI=1S/C23H31ClN2O2/c24-20-4-2-1-3-19(20)21(26-5-7-28-8-6-26)15-25-22(27)23-12-16-9-17(13-23)11-18(10-16)14-23/h1-4,16-18,21H,5-15H2,(H,25,27)/t16?,17?,18?,21-,23?/m1/s1. The molecule has 6 rings (SSSR count). The first kappa shape index (κ1) is 18.9. The van der Waals surface area contributed by atoms with E-state index in [4.69, 9.17) is 16.3 Å². The molecule has 1 saturated heterocycles. The summed E-state index contributed by atoms with van der Waals surface area (Å²) in [6, 6.07) is 8.16. The molecule has 1 atom stereocenters. The van der Waals surface area contributed by atoms with Crippen molar-refractivity contribution in [2.75, 3.05) is 32.8 Å². The van der Waals surface area contributed by atoms with E-state index in [0.29, 0.717) is 12.5 Å². The molecule has 0 spiro atoms. The van der Waals surface area contributed by atoms with Crippen LogP contribution in [0.3, 0.4) is 0 Å². The van der Waals surface area contributed by atoms with Crippen LogP contribution in [0.25, 0.3) is 0 Å². The number of hydrogen-bond donors (Lipinski definition) is 1. The van der Waals surface area contributed by atoms with Crippen LogP contribution in [0.2, 0.25) is 5.02 Å². The number of amides is 1. The molecule has 5 heteroatoms. The van der Waals surface area contributed by atoms with Crippen LogP contribution in [-0.2, 0) is 9.53 Å². The van der Waals surface area contributed by atoms with Crippen LogP contribution in [0.5, 0.6) is 0 Å². The highest BCUT2D eigenvalue weighted by Gasteiger charge is 2.54. The highest BCUT2D eigenvalue weighted by atomic mass is 35.5. The zero-order chi connectivity index (χ0) is 19.1. The first-order chi connectivity index (χ1) is 13.6. The zero-order valence-electron chi connectivity index (χ0n) is 16.5. The molecule has 1 aliphatic heterocycles. The van der Waals surface area contributed by atoms with Crippen LogP contribution in [-0.4, -0.2) is 43.7 Å². The summed E-state index contributed by atoms with van der Waals surface area (Å²) < 4.78 is 5.54. The van der Waals surface area contributed by atoms with E-state index in [-0.39, 0.29) is 11.5 Å². The number of ether oxygens (including phenoxy) is 1. The van der Waals surface area contributed by atoms with Gasteiger partial charge in [-0.15, -0.1) is 0 Å². The highest BCUT2D eigenvalue weighted by molar-refractivity contribution is 6.31. The molecule has 4 bridgehead atoms. The van der Waals surface area contributed by atoms with Crippen LogP contribution >= 0.6 is 11.6 Å². The van der Waals surface area contributed by atoms with Crippen LogP contribution < -0.4 is 5.32 Å². The van der Waals surface area contributed by atoms with Gasteiger partial charge in [-0.2, -0.15) is 0 Å². The summed E-state index contributed by atoms with van der Waals surface area (Å²) in [7, 11) is 0. The van der Waals surface area contributed by atoms with Gasteiger partial charge in [-0.3, -0.25) is 9.69 Å². The number of rotatable bonds is 5. The molecular formula is C23H31ClN2O2. The van der Waals surface area contributed by atoms with Crippen LogP contribution in [0.4, 0.5) is 0 Å². The van der Waals surface area contributed by atoms with E-state index in [1.54, 1.807) is 0 Å². The number of nitrogens with zero attached hydrogens (tertiary/aromatic N) is 1. The van der Waals surface area contributed by atoms with E-state index >= 15 is 0 Å². The van der Waals surface area contributed by atoms with Gasteiger partial charge in [-0.05, 0) is 67.9 Å². The highest BCUT2D eigenvalue weighted by Crippen LogP contribution is 2.60. The minimum atomic E-state index is -0.0925. The molecule has 5 fully saturated rings. The fourth-order valence-corrected chi connectivity index (χ4v) is 7.10. The SMILES string of the molecule is O=C(NC[C@H](c1ccccc1Cl)N1CCOCC1)C12CC3CC(CC(C3)C1)C2. The van der Waals surface area contributed by atoms with Gasteiger partial charge in [0, 0.05) is 30.1 Å². The molecule has 5 aliphatic rings. The quantitative estimate of drug-likeness (QED) is 0.807. The first-order valence-corrected chi connectivity index (χ1v) is 11.4. The van der Waals surface area contributed by atoms with E-state index in [1.807, 2.05) is 18.2 Å². The van der Waals surface area contributed by atoms with Crippen molar-refractivity contribution in [1.82, 2.24) is 10.2 Å². The monoisotopic (exact) mass is 402 g/mol. The van der Waals surface area contributed by atoms with Crippen molar-refractivity contribution in [3.05, 3.63) is 34.9 Å². The summed E-state index contributed by atoms with van der Waals surface area (Å²) in [5.41, 5.74) is 1.02. The van der Waals surface area contributed by atoms with E-state index in [1.165, 1.54) is 19.3 Å². The van der Waals surface area contributed by atoms with Gasteiger partial charge in [0.25, 0.3) is 0 Å². The number of halogens is 1. The second-order valence-corrected chi connectivity index (χ2v) is 10.0. The fourth-order valence-electron chi connectivity index (χ4n) is 6.84. The Kier molecular flexibility index (Phi) is 5.14. The Bertz CT molecular complexity index is 696. The van der Waals surface area contributed by atoms with E-state index in [2.05, 4.69) is 16.3 Å². The smallest absolute Gasteiger partial charge is 0.226 e. The minimum Gasteiger partial charge on any atom is -0.379 e.